The lowest BCUT2D eigenvalue weighted by Gasteiger charge is -2.04. The molecule has 0 amide bonds. The molecular formula is C9H6BrF3O. The Morgan fingerprint density at radius 3 is 2.21 bits per heavy atom. The van der Waals surface area contributed by atoms with Gasteiger partial charge in [0, 0.05) is 6.07 Å². The van der Waals surface area contributed by atoms with Crippen LogP contribution in [0.3, 0.4) is 0 Å². The van der Waals surface area contributed by atoms with E-state index in [1.54, 1.807) is 0 Å². The number of carbonyl (C=O) groups is 1. The fourth-order valence-corrected chi connectivity index (χ4v) is 1.17. The number of ketones is 1. The van der Waals surface area contributed by atoms with E-state index < -0.39 is 33.6 Å². The summed E-state index contributed by atoms with van der Waals surface area (Å²) in [6, 6.07) is 0.919. The fourth-order valence-electron chi connectivity index (χ4n) is 0.926. The maximum Gasteiger partial charge on any atom is 0.179 e. The van der Waals surface area contributed by atoms with Gasteiger partial charge in [-0.1, -0.05) is 15.9 Å². The van der Waals surface area contributed by atoms with Crippen LogP contribution in [0.1, 0.15) is 17.3 Å². The van der Waals surface area contributed by atoms with Crippen LogP contribution in [-0.2, 0) is 0 Å². The normalized spacial score (nSPS) is 12.6. The van der Waals surface area contributed by atoms with Crippen LogP contribution in [0, 0.1) is 17.5 Å². The summed E-state index contributed by atoms with van der Waals surface area (Å²) in [5.41, 5.74) is -0.451. The molecule has 0 spiro atoms. The van der Waals surface area contributed by atoms with E-state index in [1.165, 1.54) is 6.92 Å². The van der Waals surface area contributed by atoms with Gasteiger partial charge in [0.2, 0.25) is 0 Å². The number of alkyl halides is 1. The van der Waals surface area contributed by atoms with Crippen molar-refractivity contribution in [3.8, 4) is 0 Å². The number of hydrogen-bond donors (Lipinski definition) is 0. The Balaban J connectivity index is 3.22. The first-order valence-electron chi connectivity index (χ1n) is 3.76. The summed E-state index contributed by atoms with van der Waals surface area (Å²) in [6.07, 6.45) is 0. The Morgan fingerprint density at radius 2 is 1.71 bits per heavy atom. The van der Waals surface area contributed by atoms with Crippen molar-refractivity contribution < 1.29 is 18.0 Å². The molecule has 1 aromatic carbocycles. The molecule has 0 fully saturated rings. The van der Waals surface area contributed by atoms with Gasteiger partial charge in [-0.3, -0.25) is 4.79 Å². The Hall–Kier alpha value is -0.840. The van der Waals surface area contributed by atoms with Crippen molar-refractivity contribution in [1.29, 1.82) is 0 Å². The van der Waals surface area contributed by atoms with E-state index in [0.29, 0.717) is 12.1 Å². The highest BCUT2D eigenvalue weighted by Crippen LogP contribution is 2.17. The van der Waals surface area contributed by atoms with Gasteiger partial charge in [-0.15, -0.1) is 0 Å². The summed E-state index contributed by atoms with van der Waals surface area (Å²) in [5, 5.41) is 0. The average Bonchev–Trinajstić information content (AvgIpc) is 2.10. The number of Topliss-reactive ketones (excluding diaryl/α,β-unsaturated/α-hetero) is 1. The van der Waals surface area contributed by atoms with Gasteiger partial charge < -0.3 is 0 Å². The molecule has 0 aliphatic heterocycles. The third-order valence-corrected chi connectivity index (χ3v) is 2.05. The molecule has 5 heteroatoms. The van der Waals surface area contributed by atoms with Crippen molar-refractivity contribution in [3.05, 3.63) is 35.1 Å². The van der Waals surface area contributed by atoms with Crippen molar-refractivity contribution in [3.63, 3.8) is 0 Å². The molecule has 0 aliphatic carbocycles. The van der Waals surface area contributed by atoms with Crippen LogP contribution in [-0.4, -0.2) is 10.6 Å². The first kappa shape index (κ1) is 11.2. The van der Waals surface area contributed by atoms with Crippen molar-refractivity contribution in [1.82, 2.24) is 0 Å². The second-order valence-electron chi connectivity index (χ2n) is 2.73. The van der Waals surface area contributed by atoms with E-state index in [4.69, 9.17) is 0 Å². The molecule has 0 saturated carbocycles. The molecule has 1 nitrogen and oxygen atoms in total. The second-order valence-corrected chi connectivity index (χ2v) is 4.10. The van der Waals surface area contributed by atoms with Gasteiger partial charge in [-0.2, -0.15) is 0 Å². The van der Waals surface area contributed by atoms with Crippen molar-refractivity contribution >= 4 is 21.7 Å². The molecule has 0 bridgehead atoms. The zero-order valence-corrected chi connectivity index (χ0v) is 8.74. The van der Waals surface area contributed by atoms with Gasteiger partial charge in [0.15, 0.2) is 17.4 Å². The van der Waals surface area contributed by atoms with E-state index in [2.05, 4.69) is 15.9 Å². The predicted molar refractivity (Wildman–Crippen MR) is 49.0 cm³/mol. The minimum absolute atomic E-state index is 0.359. The maximum atomic E-state index is 13.0. The second kappa shape index (κ2) is 4.13. The fraction of sp³-hybridized carbons (Fsp3) is 0.222. The standard InChI is InChI=1S/C9H6BrF3O/c1-4(10)9(14)5-2-7(12)8(13)3-6(5)11/h2-4H,1H3. The molecule has 1 aromatic rings. The summed E-state index contributed by atoms with van der Waals surface area (Å²) >= 11 is 2.92. The molecule has 0 N–H and O–H groups in total. The molecule has 0 aromatic heterocycles. The van der Waals surface area contributed by atoms with E-state index >= 15 is 0 Å². The van der Waals surface area contributed by atoms with Crippen LogP contribution < -0.4 is 0 Å². The van der Waals surface area contributed by atoms with E-state index in [0.717, 1.165) is 0 Å². The first-order chi connectivity index (χ1) is 6.43. The van der Waals surface area contributed by atoms with Gasteiger partial charge in [0.05, 0.1) is 10.4 Å². The topological polar surface area (TPSA) is 17.1 Å². The number of benzene rings is 1. The molecular weight excluding hydrogens is 261 g/mol. The Morgan fingerprint density at radius 1 is 1.21 bits per heavy atom. The zero-order chi connectivity index (χ0) is 10.9. The Bertz CT molecular complexity index is 377. The molecule has 76 valence electrons. The summed E-state index contributed by atoms with van der Waals surface area (Å²) in [7, 11) is 0. The lowest BCUT2D eigenvalue weighted by Crippen LogP contribution is -2.13. The molecule has 0 aliphatic rings. The van der Waals surface area contributed by atoms with Gasteiger partial charge in [0.25, 0.3) is 0 Å². The number of rotatable bonds is 2. The van der Waals surface area contributed by atoms with Crippen LogP contribution in [0.15, 0.2) is 12.1 Å². The Labute approximate surface area is 87.1 Å². The largest absolute Gasteiger partial charge is 0.293 e. The van der Waals surface area contributed by atoms with Crippen LogP contribution in [0.5, 0.6) is 0 Å². The molecule has 1 atom stereocenters. The first-order valence-corrected chi connectivity index (χ1v) is 4.68. The van der Waals surface area contributed by atoms with Crippen LogP contribution in [0.25, 0.3) is 0 Å². The summed E-state index contributed by atoms with van der Waals surface area (Å²) < 4.78 is 38.2. The van der Waals surface area contributed by atoms with Crippen LogP contribution in [0.4, 0.5) is 13.2 Å². The maximum absolute atomic E-state index is 13.0. The van der Waals surface area contributed by atoms with Gasteiger partial charge in [-0.25, -0.2) is 13.2 Å². The third kappa shape index (κ3) is 2.15. The monoisotopic (exact) mass is 266 g/mol. The van der Waals surface area contributed by atoms with Gasteiger partial charge in [-0.05, 0) is 13.0 Å². The highest BCUT2D eigenvalue weighted by Gasteiger charge is 2.19. The molecule has 1 rings (SSSR count). The number of hydrogen-bond acceptors (Lipinski definition) is 1. The van der Waals surface area contributed by atoms with Gasteiger partial charge >= 0.3 is 0 Å². The van der Waals surface area contributed by atoms with E-state index in [9.17, 15) is 18.0 Å². The van der Waals surface area contributed by atoms with E-state index in [1.807, 2.05) is 0 Å². The third-order valence-electron chi connectivity index (χ3n) is 1.64. The summed E-state index contributed by atoms with van der Waals surface area (Å²) in [6.45, 7) is 1.48. The van der Waals surface area contributed by atoms with Crippen molar-refractivity contribution in [2.75, 3.05) is 0 Å². The minimum atomic E-state index is -1.30. The lowest BCUT2D eigenvalue weighted by atomic mass is 10.1. The average molecular weight is 267 g/mol. The quantitative estimate of drug-likeness (QED) is 0.457. The van der Waals surface area contributed by atoms with Crippen LogP contribution in [0.2, 0.25) is 0 Å². The van der Waals surface area contributed by atoms with Crippen molar-refractivity contribution in [2.45, 2.75) is 11.8 Å². The Kier molecular flexibility index (Phi) is 3.31. The smallest absolute Gasteiger partial charge is 0.179 e. The van der Waals surface area contributed by atoms with Crippen molar-refractivity contribution in [2.24, 2.45) is 0 Å². The molecule has 1 unspecified atom stereocenters. The predicted octanol–water partition coefficient (Wildman–Crippen LogP) is 3.07. The summed E-state index contributed by atoms with van der Waals surface area (Å²) in [4.78, 5) is 10.6. The highest BCUT2D eigenvalue weighted by molar-refractivity contribution is 9.10. The SMILES string of the molecule is CC(Br)C(=O)c1cc(F)c(F)cc1F. The number of carbonyl (C=O) groups excluding carboxylic acids is 1. The number of halogens is 4. The highest BCUT2D eigenvalue weighted by atomic mass is 79.9. The van der Waals surface area contributed by atoms with Crippen LogP contribution >= 0.6 is 15.9 Å². The van der Waals surface area contributed by atoms with Gasteiger partial charge in [0.1, 0.15) is 5.82 Å². The molecule has 0 saturated heterocycles. The lowest BCUT2D eigenvalue weighted by molar-refractivity contribution is 0.0991. The zero-order valence-electron chi connectivity index (χ0n) is 7.15. The molecule has 0 heterocycles. The summed E-state index contributed by atoms with van der Waals surface area (Å²) in [5.74, 6) is -4.22. The molecule has 14 heavy (non-hydrogen) atoms. The van der Waals surface area contributed by atoms with E-state index in [-0.39, 0.29) is 0 Å². The molecule has 0 radical (unpaired) electrons. The minimum Gasteiger partial charge on any atom is -0.293 e.